The molecule has 2 rings (SSSR count). The van der Waals surface area contributed by atoms with Crippen LogP contribution in [0.25, 0.3) is 0 Å². The van der Waals surface area contributed by atoms with Crippen molar-refractivity contribution >= 4 is 17.6 Å². The number of carboxylic acids is 1. The highest BCUT2D eigenvalue weighted by Gasteiger charge is 2.13. The molecule has 0 saturated heterocycles. The molecule has 3 N–H and O–H groups in total. The second-order valence-corrected chi connectivity index (χ2v) is 4.20. The van der Waals surface area contributed by atoms with Gasteiger partial charge < -0.3 is 10.4 Å². The number of hydrogen-bond acceptors (Lipinski definition) is 3. The Bertz CT molecular complexity index is 633. The first kappa shape index (κ1) is 12.8. The maximum Gasteiger partial charge on any atom is 0.336 e. The zero-order valence-corrected chi connectivity index (χ0v) is 10.5. The zero-order chi connectivity index (χ0) is 14.0. The normalized spacial score (nSPS) is 10.2. The molecule has 0 atom stereocenters. The summed E-state index contributed by atoms with van der Waals surface area (Å²) in [7, 11) is 0. The Kier molecular flexibility index (Phi) is 3.33. The van der Waals surface area contributed by atoms with Crippen LogP contribution in [0.2, 0.25) is 0 Å². The zero-order valence-electron chi connectivity index (χ0n) is 10.5. The summed E-state index contributed by atoms with van der Waals surface area (Å²) in [5.74, 6) is -1.38. The van der Waals surface area contributed by atoms with Crippen LogP contribution >= 0.6 is 0 Å². The van der Waals surface area contributed by atoms with Gasteiger partial charge in [0.15, 0.2) is 0 Å². The molecule has 6 heteroatoms. The van der Waals surface area contributed by atoms with Gasteiger partial charge in [-0.25, -0.2) is 4.79 Å². The van der Waals surface area contributed by atoms with Crippen molar-refractivity contribution in [2.75, 3.05) is 5.32 Å². The lowest BCUT2D eigenvalue weighted by molar-refractivity contribution is 0.0695. The maximum absolute atomic E-state index is 11.8. The molecule has 19 heavy (non-hydrogen) atoms. The molecule has 0 spiro atoms. The number of carbonyl (C=O) groups excluding carboxylic acids is 1. The van der Waals surface area contributed by atoms with Crippen molar-refractivity contribution in [2.24, 2.45) is 0 Å². The maximum atomic E-state index is 11.8. The van der Waals surface area contributed by atoms with E-state index < -0.39 is 5.97 Å². The Labute approximate surface area is 109 Å². The van der Waals surface area contributed by atoms with E-state index in [1.807, 2.05) is 0 Å². The predicted octanol–water partition coefficient (Wildman–Crippen LogP) is 1.98. The van der Waals surface area contributed by atoms with Crippen molar-refractivity contribution in [3.63, 3.8) is 0 Å². The van der Waals surface area contributed by atoms with Crippen LogP contribution in [0.15, 0.2) is 24.4 Å². The number of nitrogens with zero attached hydrogens (tertiary/aromatic N) is 1. The predicted molar refractivity (Wildman–Crippen MR) is 69.4 cm³/mol. The molecule has 0 bridgehead atoms. The van der Waals surface area contributed by atoms with E-state index in [1.165, 1.54) is 18.3 Å². The fourth-order valence-corrected chi connectivity index (χ4v) is 1.73. The molecular formula is C13H13N3O3. The van der Waals surface area contributed by atoms with Gasteiger partial charge in [0, 0.05) is 11.9 Å². The van der Waals surface area contributed by atoms with E-state index in [0.29, 0.717) is 16.9 Å². The molecule has 0 saturated carbocycles. The number of rotatable bonds is 3. The Morgan fingerprint density at radius 3 is 2.63 bits per heavy atom. The van der Waals surface area contributed by atoms with Gasteiger partial charge in [-0.3, -0.25) is 9.89 Å². The number of benzene rings is 1. The minimum absolute atomic E-state index is 0.180. The van der Waals surface area contributed by atoms with Gasteiger partial charge in [-0.05, 0) is 43.2 Å². The van der Waals surface area contributed by atoms with Gasteiger partial charge in [-0.15, -0.1) is 0 Å². The lowest BCUT2D eigenvalue weighted by atomic mass is 10.0. The highest BCUT2D eigenvalue weighted by Crippen LogP contribution is 2.20. The lowest BCUT2D eigenvalue weighted by Gasteiger charge is -2.10. The number of aromatic carboxylic acids is 1. The average Bonchev–Trinajstić information content (AvgIpc) is 2.86. The van der Waals surface area contributed by atoms with Crippen molar-refractivity contribution in [2.45, 2.75) is 13.8 Å². The molecule has 1 amide bonds. The number of aromatic nitrogens is 2. The van der Waals surface area contributed by atoms with Crippen LogP contribution < -0.4 is 5.32 Å². The van der Waals surface area contributed by atoms with Crippen LogP contribution in [0.4, 0.5) is 5.69 Å². The van der Waals surface area contributed by atoms with Crippen molar-refractivity contribution in [1.82, 2.24) is 10.2 Å². The first-order chi connectivity index (χ1) is 8.99. The average molecular weight is 259 g/mol. The summed E-state index contributed by atoms with van der Waals surface area (Å²) in [5.41, 5.74) is 2.43. The molecule has 98 valence electrons. The summed E-state index contributed by atoms with van der Waals surface area (Å²) in [6.07, 6.45) is 1.47. The highest BCUT2D eigenvalue weighted by molar-refractivity contribution is 6.03. The van der Waals surface area contributed by atoms with Crippen molar-refractivity contribution in [3.8, 4) is 0 Å². The summed E-state index contributed by atoms with van der Waals surface area (Å²) in [5, 5.41) is 18.0. The standard InChI is InChI=1S/C13H13N3O3/c1-7-5-9(6-10(8(7)2)13(18)19)15-12(17)11-3-4-14-16-11/h3-6H,1-2H3,(H,14,16)(H,15,17)(H,18,19). The van der Waals surface area contributed by atoms with Gasteiger partial charge >= 0.3 is 5.97 Å². The van der Waals surface area contributed by atoms with Crippen LogP contribution in [-0.2, 0) is 0 Å². The summed E-state index contributed by atoms with van der Waals surface area (Å²) in [6, 6.07) is 4.71. The number of anilines is 1. The van der Waals surface area contributed by atoms with Gasteiger partial charge in [-0.1, -0.05) is 0 Å². The van der Waals surface area contributed by atoms with E-state index in [4.69, 9.17) is 5.11 Å². The van der Waals surface area contributed by atoms with Crippen LogP contribution in [0, 0.1) is 13.8 Å². The van der Waals surface area contributed by atoms with Crippen LogP contribution in [0.1, 0.15) is 32.0 Å². The Hall–Kier alpha value is -2.63. The molecular weight excluding hydrogens is 246 g/mol. The summed E-state index contributed by atoms with van der Waals surface area (Å²) < 4.78 is 0. The lowest BCUT2D eigenvalue weighted by Crippen LogP contribution is -2.13. The fraction of sp³-hybridized carbons (Fsp3) is 0.154. The minimum Gasteiger partial charge on any atom is -0.478 e. The van der Waals surface area contributed by atoms with Gasteiger partial charge in [0.2, 0.25) is 0 Å². The second kappa shape index (κ2) is 4.93. The highest BCUT2D eigenvalue weighted by atomic mass is 16.4. The first-order valence-corrected chi connectivity index (χ1v) is 5.64. The van der Waals surface area contributed by atoms with Gasteiger partial charge in [0.05, 0.1) is 5.56 Å². The number of aryl methyl sites for hydroxylation is 1. The number of nitrogens with one attached hydrogen (secondary N) is 2. The summed E-state index contributed by atoms with van der Waals surface area (Å²) in [6.45, 7) is 3.53. The SMILES string of the molecule is Cc1cc(NC(=O)c2ccn[nH]2)cc(C(=O)O)c1C. The fourth-order valence-electron chi connectivity index (χ4n) is 1.73. The van der Waals surface area contributed by atoms with Gasteiger partial charge in [0.25, 0.3) is 5.91 Å². The van der Waals surface area contributed by atoms with Crippen molar-refractivity contribution < 1.29 is 14.7 Å². The smallest absolute Gasteiger partial charge is 0.336 e. The van der Waals surface area contributed by atoms with E-state index in [-0.39, 0.29) is 11.5 Å². The number of H-pyrrole nitrogens is 1. The molecule has 1 aromatic heterocycles. The molecule has 0 radical (unpaired) electrons. The number of carbonyl (C=O) groups is 2. The van der Waals surface area contributed by atoms with E-state index in [9.17, 15) is 9.59 Å². The van der Waals surface area contributed by atoms with E-state index in [1.54, 1.807) is 19.9 Å². The summed E-state index contributed by atoms with van der Waals surface area (Å²) >= 11 is 0. The molecule has 1 heterocycles. The quantitative estimate of drug-likeness (QED) is 0.785. The number of hydrogen-bond donors (Lipinski definition) is 3. The van der Waals surface area contributed by atoms with Crippen LogP contribution in [0.5, 0.6) is 0 Å². The number of carboxylic acid groups (broad SMARTS) is 1. The van der Waals surface area contributed by atoms with E-state index >= 15 is 0 Å². The molecule has 0 unspecified atom stereocenters. The molecule has 0 aliphatic rings. The van der Waals surface area contributed by atoms with E-state index in [2.05, 4.69) is 15.5 Å². The van der Waals surface area contributed by atoms with E-state index in [0.717, 1.165) is 5.56 Å². The van der Waals surface area contributed by atoms with Crippen LogP contribution in [0.3, 0.4) is 0 Å². The molecule has 6 nitrogen and oxygen atoms in total. The Morgan fingerprint density at radius 2 is 2.05 bits per heavy atom. The largest absolute Gasteiger partial charge is 0.478 e. The van der Waals surface area contributed by atoms with Crippen molar-refractivity contribution in [3.05, 3.63) is 46.8 Å². The molecule has 0 fully saturated rings. The molecule has 0 aliphatic heterocycles. The Morgan fingerprint density at radius 1 is 1.32 bits per heavy atom. The monoisotopic (exact) mass is 259 g/mol. The number of amides is 1. The van der Waals surface area contributed by atoms with Gasteiger partial charge in [0.1, 0.15) is 5.69 Å². The minimum atomic E-state index is -1.02. The number of aromatic amines is 1. The molecule has 0 aliphatic carbocycles. The Balaban J connectivity index is 2.31. The molecule has 2 aromatic rings. The summed E-state index contributed by atoms with van der Waals surface area (Å²) in [4.78, 5) is 22.9. The van der Waals surface area contributed by atoms with Gasteiger partial charge in [-0.2, -0.15) is 5.10 Å². The first-order valence-electron chi connectivity index (χ1n) is 5.64. The second-order valence-electron chi connectivity index (χ2n) is 4.20. The van der Waals surface area contributed by atoms with Crippen molar-refractivity contribution in [1.29, 1.82) is 0 Å². The topological polar surface area (TPSA) is 95.1 Å². The third-order valence-corrected chi connectivity index (χ3v) is 2.90. The third kappa shape index (κ3) is 2.62. The van der Waals surface area contributed by atoms with Crippen LogP contribution in [-0.4, -0.2) is 27.2 Å². The molecule has 1 aromatic carbocycles. The third-order valence-electron chi connectivity index (χ3n) is 2.90.